The molecular formula is C10H17N3S. The van der Waals surface area contributed by atoms with Gasteiger partial charge in [0.25, 0.3) is 0 Å². The van der Waals surface area contributed by atoms with Crippen LogP contribution in [0.1, 0.15) is 25.7 Å². The molecular weight excluding hydrogens is 194 g/mol. The molecule has 0 aromatic carbocycles. The van der Waals surface area contributed by atoms with Crippen LogP contribution < -0.4 is 5.73 Å². The molecule has 14 heavy (non-hydrogen) atoms. The van der Waals surface area contributed by atoms with Gasteiger partial charge in [0.1, 0.15) is 0 Å². The van der Waals surface area contributed by atoms with Crippen molar-refractivity contribution >= 4 is 16.9 Å². The summed E-state index contributed by atoms with van der Waals surface area (Å²) in [7, 11) is 0. The van der Waals surface area contributed by atoms with Gasteiger partial charge in [0.2, 0.25) is 0 Å². The average molecular weight is 211 g/mol. The molecule has 3 atom stereocenters. The second-order valence-corrected chi connectivity index (χ2v) is 5.76. The van der Waals surface area contributed by atoms with Crippen molar-refractivity contribution in [2.24, 2.45) is 10.7 Å². The van der Waals surface area contributed by atoms with Crippen molar-refractivity contribution in [3.05, 3.63) is 0 Å². The summed E-state index contributed by atoms with van der Waals surface area (Å²) >= 11 is 1.81. The molecule has 0 aromatic heterocycles. The molecule has 3 nitrogen and oxygen atoms in total. The highest BCUT2D eigenvalue weighted by atomic mass is 32.2. The number of hydrogen-bond donors (Lipinski definition) is 1. The number of amidine groups is 1. The van der Waals surface area contributed by atoms with Gasteiger partial charge in [-0.25, -0.2) is 0 Å². The van der Waals surface area contributed by atoms with Crippen molar-refractivity contribution in [1.29, 1.82) is 0 Å². The summed E-state index contributed by atoms with van der Waals surface area (Å²) in [5.74, 6) is 0. The Morgan fingerprint density at radius 3 is 3.14 bits per heavy atom. The summed E-state index contributed by atoms with van der Waals surface area (Å²) in [6, 6.07) is 1.21. The molecule has 3 aliphatic heterocycles. The summed E-state index contributed by atoms with van der Waals surface area (Å²) < 4.78 is 0. The van der Waals surface area contributed by atoms with Crippen molar-refractivity contribution in [2.75, 3.05) is 13.1 Å². The van der Waals surface area contributed by atoms with Gasteiger partial charge in [-0.2, -0.15) is 0 Å². The molecule has 3 aliphatic rings. The van der Waals surface area contributed by atoms with Crippen molar-refractivity contribution in [2.45, 2.75) is 43.0 Å². The SMILES string of the molecule is NC1=NC2C(CCN3CCCCC23)S1. The topological polar surface area (TPSA) is 41.6 Å². The number of rotatable bonds is 0. The van der Waals surface area contributed by atoms with Gasteiger partial charge in [-0.3, -0.25) is 9.89 Å². The zero-order valence-corrected chi connectivity index (χ0v) is 9.17. The average Bonchev–Trinajstić information content (AvgIpc) is 2.59. The molecule has 2 fully saturated rings. The van der Waals surface area contributed by atoms with Crippen LogP contribution in [-0.2, 0) is 0 Å². The number of thioether (sulfide) groups is 1. The second kappa shape index (κ2) is 3.42. The normalized spacial score (nSPS) is 42.9. The summed E-state index contributed by atoms with van der Waals surface area (Å²) in [5.41, 5.74) is 5.81. The van der Waals surface area contributed by atoms with Crippen LogP contribution >= 0.6 is 11.8 Å². The monoisotopic (exact) mass is 211 g/mol. The Morgan fingerprint density at radius 2 is 2.21 bits per heavy atom. The van der Waals surface area contributed by atoms with Gasteiger partial charge in [0.15, 0.2) is 5.17 Å². The lowest BCUT2D eigenvalue weighted by Crippen LogP contribution is -2.53. The molecule has 0 aliphatic carbocycles. The van der Waals surface area contributed by atoms with Gasteiger partial charge >= 0.3 is 0 Å². The van der Waals surface area contributed by atoms with Gasteiger partial charge in [-0.1, -0.05) is 18.2 Å². The van der Waals surface area contributed by atoms with Crippen molar-refractivity contribution in [3.63, 3.8) is 0 Å². The third-order valence-electron chi connectivity index (χ3n) is 3.69. The van der Waals surface area contributed by atoms with E-state index in [-0.39, 0.29) is 0 Å². The Hall–Kier alpha value is -0.220. The molecule has 4 heteroatoms. The van der Waals surface area contributed by atoms with Crippen LogP contribution in [0.3, 0.4) is 0 Å². The molecule has 0 aromatic rings. The van der Waals surface area contributed by atoms with Crippen LogP contribution in [-0.4, -0.2) is 40.5 Å². The number of piperidine rings is 2. The van der Waals surface area contributed by atoms with E-state index in [2.05, 4.69) is 9.89 Å². The summed E-state index contributed by atoms with van der Waals surface area (Å²) in [5, 5.41) is 1.52. The van der Waals surface area contributed by atoms with Crippen LogP contribution in [0.2, 0.25) is 0 Å². The van der Waals surface area contributed by atoms with Crippen LogP contribution in [0.15, 0.2) is 4.99 Å². The molecule has 0 amide bonds. The largest absolute Gasteiger partial charge is 0.379 e. The van der Waals surface area contributed by atoms with E-state index in [1.165, 1.54) is 38.8 Å². The maximum atomic E-state index is 5.81. The number of nitrogens with zero attached hydrogens (tertiary/aromatic N) is 2. The smallest absolute Gasteiger partial charge is 0.154 e. The van der Waals surface area contributed by atoms with Crippen molar-refractivity contribution in [1.82, 2.24) is 4.90 Å². The molecule has 3 rings (SSSR count). The molecule has 3 heterocycles. The van der Waals surface area contributed by atoms with E-state index in [4.69, 9.17) is 5.73 Å². The number of fused-ring (bicyclic) bond motifs is 3. The zero-order chi connectivity index (χ0) is 9.54. The first-order chi connectivity index (χ1) is 6.84. The molecule has 0 radical (unpaired) electrons. The first-order valence-electron chi connectivity index (χ1n) is 5.58. The third kappa shape index (κ3) is 1.36. The van der Waals surface area contributed by atoms with E-state index in [9.17, 15) is 0 Å². The standard InChI is InChI=1S/C10H17N3S/c11-10-12-9-7-3-1-2-5-13(7)6-4-8(9)14-10/h7-9H,1-6H2,(H2,11,12). The number of hydrogen-bond acceptors (Lipinski definition) is 4. The van der Waals surface area contributed by atoms with Gasteiger partial charge in [0, 0.05) is 11.3 Å². The van der Waals surface area contributed by atoms with Crippen LogP contribution in [0.5, 0.6) is 0 Å². The molecule has 2 N–H and O–H groups in total. The molecule has 0 bridgehead atoms. The van der Waals surface area contributed by atoms with Crippen molar-refractivity contribution < 1.29 is 0 Å². The van der Waals surface area contributed by atoms with E-state index in [1.54, 1.807) is 11.8 Å². The van der Waals surface area contributed by atoms with Gasteiger partial charge in [-0.05, 0) is 32.4 Å². The minimum atomic E-state index is 0.508. The Balaban J connectivity index is 1.81. The van der Waals surface area contributed by atoms with Crippen LogP contribution in [0, 0.1) is 0 Å². The summed E-state index contributed by atoms with van der Waals surface area (Å²) in [6.45, 7) is 2.55. The summed E-state index contributed by atoms with van der Waals surface area (Å²) in [4.78, 5) is 7.24. The van der Waals surface area contributed by atoms with E-state index >= 15 is 0 Å². The highest BCUT2D eigenvalue weighted by Crippen LogP contribution is 2.38. The fraction of sp³-hybridized carbons (Fsp3) is 0.900. The minimum Gasteiger partial charge on any atom is -0.379 e. The zero-order valence-electron chi connectivity index (χ0n) is 8.35. The lowest BCUT2D eigenvalue weighted by molar-refractivity contribution is 0.0969. The predicted molar refractivity (Wildman–Crippen MR) is 60.6 cm³/mol. The minimum absolute atomic E-state index is 0.508. The van der Waals surface area contributed by atoms with Gasteiger partial charge < -0.3 is 5.73 Å². The fourth-order valence-corrected chi connectivity index (χ4v) is 4.12. The molecule has 2 saturated heterocycles. The van der Waals surface area contributed by atoms with E-state index in [0.717, 1.165) is 5.17 Å². The lowest BCUT2D eigenvalue weighted by Gasteiger charge is -2.44. The maximum Gasteiger partial charge on any atom is 0.154 e. The Morgan fingerprint density at radius 1 is 1.29 bits per heavy atom. The lowest BCUT2D eigenvalue weighted by atomic mass is 9.89. The maximum absolute atomic E-state index is 5.81. The Labute approximate surface area is 89.1 Å². The van der Waals surface area contributed by atoms with E-state index < -0.39 is 0 Å². The summed E-state index contributed by atoms with van der Waals surface area (Å²) in [6.07, 6.45) is 5.36. The number of aliphatic imine (C=N–C) groups is 1. The highest BCUT2D eigenvalue weighted by molar-refractivity contribution is 8.14. The van der Waals surface area contributed by atoms with Crippen molar-refractivity contribution in [3.8, 4) is 0 Å². The Bertz CT molecular complexity index is 266. The van der Waals surface area contributed by atoms with Gasteiger partial charge in [-0.15, -0.1) is 0 Å². The van der Waals surface area contributed by atoms with Gasteiger partial charge in [0.05, 0.1) is 6.04 Å². The predicted octanol–water partition coefficient (Wildman–Crippen LogP) is 1.04. The van der Waals surface area contributed by atoms with Crippen LogP contribution in [0.25, 0.3) is 0 Å². The first-order valence-corrected chi connectivity index (χ1v) is 6.46. The van der Waals surface area contributed by atoms with E-state index in [0.29, 0.717) is 17.3 Å². The molecule has 0 spiro atoms. The number of nitrogens with two attached hydrogens (primary N) is 1. The second-order valence-electron chi connectivity index (χ2n) is 4.50. The highest BCUT2D eigenvalue weighted by Gasteiger charge is 2.42. The Kier molecular flexibility index (Phi) is 2.21. The fourth-order valence-electron chi connectivity index (χ4n) is 3.02. The van der Waals surface area contributed by atoms with Crippen LogP contribution in [0.4, 0.5) is 0 Å². The molecule has 3 unspecified atom stereocenters. The molecule has 0 saturated carbocycles. The third-order valence-corrected chi connectivity index (χ3v) is 4.85. The quantitative estimate of drug-likeness (QED) is 0.651. The van der Waals surface area contributed by atoms with E-state index in [1.807, 2.05) is 0 Å². The first kappa shape index (κ1) is 9.04. The molecule has 78 valence electrons.